The second-order valence-electron chi connectivity index (χ2n) is 7.50. The summed E-state index contributed by atoms with van der Waals surface area (Å²) in [5, 5.41) is 4.74. The highest BCUT2D eigenvalue weighted by Gasteiger charge is 2.15. The van der Waals surface area contributed by atoms with Gasteiger partial charge in [0.15, 0.2) is 11.5 Å². The van der Waals surface area contributed by atoms with E-state index in [0.29, 0.717) is 34.0 Å². The van der Waals surface area contributed by atoms with Crippen LogP contribution >= 0.6 is 0 Å². The number of pyridine rings is 2. The van der Waals surface area contributed by atoms with Gasteiger partial charge in [0.05, 0.1) is 13.3 Å². The van der Waals surface area contributed by atoms with E-state index in [0.717, 1.165) is 10.9 Å². The smallest absolute Gasteiger partial charge is 0.260 e. The molecule has 0 spiro atoms. The van der Waals surface area contributed by atoms with Crippen molar-refractivity contribution >= 4 is 23.2 Å². The first-order valence-corrected chi connectivity index (χ1v) is 10.5. The molecule has 0 unspecified atom stereocenters. The van der Waals surface area contributed by atoms with E-state index in [1.165, 1.54) is 10.8 Å². The van der Waals surface area contributed by atoms with E-state index in [4.69, 9.17) is 14.2 Å². The number of carbonyl (C=O) groups is 1. The van der Waals surface area contributed by atoms with Crippen molar-refractivity contribution in [2.45, 2.75) is 6.54 Å². The molecule has 2 aromatic carbocycles. The van der Waals surface area contributed by atoms with Gasteiger partial charge in [0, 0.05) is 17.1 Å². The molecule has 5 rings (SSSR count). The normalized spacial score (nSPS) is 12.3. The molecule has 0 aliphatic carbocycles. The zero-order valence-electron chi connectivity index (χ0n) is 18.2. The first-order chi connectivity index (χ1) is 16.6. The van der Waals surface area contributed by atoms with E-state index in [-0.39, 0.29) is 18.9 Å². The van der Waals surface area contributed by atoms with Crippen molar-refractivity contribution in [3.8, 4) is 28.4 Å². The maximum absolute atomic E-state index is 13.3. The van der Waals surface area contributed by atoms with Gasteiger partial charge in [-0.2, -0.15) is 5.10 Å². The van der Waals surface area contributed by atoms with Crippen molar-refractivity contribution in [2.24, 2.45) is 5.10 Å². The van der Waals surface area contributed by atoms with E-state index in [1.54, 1.807) is 67.9 Å². The molecule has 1 amide bonds. The van der Waals surface area contributed by atoms with Crippen LogP contribution in [0.5, 0.6) is 17.2 Å². The fraction of sp³-hybridized carbons (Fsp3) is 0.120. The molecule has 0 radical (unpaired) electrons. The van der Waals surface area contributed by atoms with Crippen LogP contribution in [0.3, 0.4) is 0 Å². The first-order valence-electron chi connectivity index (χ1n) is 10.5. The third kappa shape index (κ3) is 4.18. The number of ether oxygens (including phenoxy) is 3. The lowest BCUT2D eigenvalue weighted by atomic mass is 10.1. The predicted octanol–water partition coefficient (Wildman–Crippen LogP) is 2.95. The Balaban J connectivity index is 1.40. The number of hydrogen-bond donors (Lipinski definition) is 1. The standard InChI is InChI=1S/C25H20N4O5/c1-32-19-7-5-17(6-8-19)20-12-18-3-2-10-26-24(18)29(25(20)31)14-23(30)28-27-13-16-4-9-21-22(11-16)34-15-33-21/h2-13H,14-15H2,1H3,(H,28,30)/b27-13+. The fourth-order valence-corrected chi connectivity index (χ4v) is 3.68. The van der Waals surface area contributed by atoms with Crippen LogP contribution in [0.1, 0.15) is 5.56 Å². The van der Waals surface area contributed by atoms with Crippen LogP contribution in [0.2, 0.25) is 0 Å². The van der Waals surface area contributed by atoms with Gasteiger partial charge >= 0.3 is 0 Å². The summed E-state index contributed by atoms with van der Waals surface area (Å²) in [5.74, 6) is 1.51. The summed E-state index contributed by atoms with van der Waals surface area (Å²) in [6, 6.07) is 17.9. The molecule has 0 saturated carbocycles. The summed E-state index contributed by atoms with van der Waals surface area (Å²) in [7, 11) is 1.58. The summed E-state index contributed by atoms with van der Waals surface area (Å²) in [6.07, 6.45) is 3.08. The van der Waals surface area contributed by atoms with Crippen molar-refractivity contribution in [1.29, 1.82) is 0 Å². The Morgan fingerprint density at radius 3 is 2.79 bits per heavy atom. The number of methoxy groups -OCH3 is 1. The summed E-state index contributed by atoms with van der Waals surface area (Å²) in [6.45, 7) is -0.0617. The van der Waals surface area contributed by atoms with Crippen molar-refractivity contribution in [3.05, 3.63) is 82.8 Å². The van der Waals surface area contributed by atoms with Crippen molar-refractivity contribution in [2.75, 3.05) is 13.9 Å². The second kappa shape index (κ2) is 9.07. The molecule has 1 aliphatic rings. The Bertz CT molecular complexity index is 1460. The van der Waals surface area contributed by atoms with Gasteiger partial charge in [-0.1, -0.05) is 12.1 Å². The van der Waals surface area contributed by atoms with Crippen LogP contribution in [0, 0.1) is 0 Å². The highest BCUT2D eigenvalue weighted by Crippen LogP contribution is 2.32. The molecule has 2 aromatic heterocycles. The average Bonchev–Trinajstić information content (AvgIpc) is 3.34. The van der Waals surface area contributed by atoms with Crippen LogP contribution in [-0.4, -0.2) is 35.6 Å². The molecular weight excluding hydrogens is 436 g/mol. The van der Waals surface area contributed by atoms with Crippen molar-refractivity contribution < 1.29 is 19.0 Å². The molecule has 1 aliphatic heterocycles. The molecule has 3 heterocycles. The zero-order valence-corrected chi connectivity index (χ0v) is 18.2. The monoisotopic (exact) mass is 456 g/mol. The highest BCUT2D eigenvalue weighted by molar-refractivity contribution is 5.85. The van der Waals surface area contributed by atoms with Crippen LogP contribution in [0.4, 0.5) is 0 Å². The molecule has 1 N–H and O–H groups in total. The number of nitrogens with zero attached hydrogens (tertiary/aromatic N) is 3. The molecule has 170 valence electrons. The predicted molar refractivity (Wildman–Crippen MR) is 126 cm³/mol. The number of nitrogens with one attached hydrogen (secondary N) is 1. The molecule has 9 nitrogen and oxygen atoms in total. The van der Waals surface area contributed by atoms with Gasteiger partial charge in [-0.15, -0.1) is 0 Å². The van der Waals surface area contributed by atoms with Crippen LogP contribution in [0.15, 0.2) is 76.8 Å². The number of carbonyl (C=O) groups excluding carboxylic acids is 1. The third-order valence-electron chi connectivity index (χ3n) is 5.35. The lowest BCUT2D eigenvalue weighted by molar-refractivity contribution is -0.121. The van der Waals surface area contributed by atoms with Crippen LogP contribution in [-0.2, 0) is 11.3 Å². The van der Waals surface area contributed by atoms with E-state index < -0.39 is 5.91 Å². The number of benzene rings is 2. The molecule has 0 atom stereocenters. The molecule has 0 fully saturated rings. The van der Waals surface area contributed by atoms with Gasteiger partial charge in [-0.25, -0.2) is 10.4 Å². The average molecular weight is 456 g/mol. The number of hydrogen-bond acceptors (Lipinski definition) is 7. The van der Waals surface area contributed by atoms with Crippen molar-refractivity contribution in [3.63, 3.8) is 0 Å². The summed E-state index contributed by atoms with van der Waals surface area (Å²) < 4.78 is 17.2. The number of fused-ring (bicyclic) bond motifs is 2. The number of amides is 1. The van der Waals surface area contributed by atoms with E-state index >= 15 is 0 Å². The second-order valence-corrected chi connectivity index (χ2v) is 7.50. The van der Waals surface area contributed by atoms with Crippen LogP contribution < -0.4 is 25.2 Å². The zero-order chi connectivity index (χ0) is 23.5. The Hall–Kier alpha value is -4.66. The molecule has 9 heteroatoms. The Kier molecular flexibility index (Phi) is 5.65. The van der Waals surface area contributed by atoms with Gasteiger partial charge in [0.2, 0.25) is 6.79 Å². The van der Waals surface area contributed by atoms with Crippen LogP contribution in [0.25, 0.3) is 22.2 Å². The number of hydrazone groups is 1. The first kappa shape index (κ1) is 21.2. The number of aromatic nitrogens is 2. The maximum atomic E-state index is 13.3. The van der Waals surface area contributed by atoms with Gasteiger partial charge in [0.25, 0.3) is 11.5 Å². The lowest BCUT2D eigenvalue weighted by Gasteiger charge is -2.12. The third-order valence-corrected chi connectivity index (χ3v) is 5.35. The summed E-state index contributed by atoms with van der Waals surface area (Å²) >= 11 is 0. The Morgan fingerprint density at radius 1 is 1.15 bits per heavy atom. The Labute approximate surface area is 194 Å². The van der Waals surface area contributed by atoms with Gasteiger partial charge in [0.1, 0.15) is 17.9 Å². The topological polar surface area (TPSA) is 104 Å². The summed E-state index contributed by atoms with van der Waals surface area (Å²) in [5.41, 5.74) is 4.46. The maximum Gasteiger partial charge on any atom is 0.260 e. The van der Waals surface area contributed by atoms with E-state index in [1.807, 2.05) is 6.07 Å². The highest BCUT2D eigenvalue weighted by atomic mass is 16.7. The minimum Gasteiger partial charge on any atom is -0.497 e. The largest absolute Gasteiger partial charge is 0.497 e. The molecular formula is C25H20N4O5. The molecule has 0 bridgehead atoms. The SMILES string of the molecule is COc1ccc(-c2cc3cccnc3n(CC(=O)N/N=C/c3ccc4c(c3)OCO4)c2=O)cc1. The number of rotatable bonds is 6. The minimum absolute atomic E-state index is 0.180. The minimum atomic E-state index is -0.460. The van der Waals surface area contributed by atoms with Crippen molar-refractivity contribution in [1.82, 2.24) is 15.0 Å². The van der Waals surface area contributed by atoms with Gasteiger partial charge in [-0.3, -0.25) is 14.2 Å². The quantitative estimate of drug-likeness (QED) is 0.353. The van der Waals surface area contributed by atoms with E-state index in [2.05, 4.69) is 15.5 Å². The summed E-state index contributed by atoms with van der Waals surface area (Å²) in [4.78, 5) is 30.3. The molecule has 34 heavy (non-hydrogen) atoms. The Morgan fingerprint density at radius 2 is 1.97 bits per heavy atom. The fourth-order valence-electron chi connectivity index (χ4n) is 3.68. The molecule has 4 aromatic rings. The van der Waals surface area contributed by atoms with Gasteiger partial charge in [-0.05, 0) is 59.7 Å². The lowest BCUT2D eigenvalue weighted by Crippen LogP contribution is -2.31. The van der Waals surface area contributed by atoms with Gasteiger partial charge < -0.3 is 14.2 Å². The molecule has 0 saturated heterocycles. The van der Waals surface area contributed by atoms with E-state index in [9.17, 15) is 9.59 Å².